The van der Waals surface area contributed by atoms with Crippen LogP contribution in [-0.4, -0.2) is 17.5 Å². The summed E-state index contributed by atoms with van der Waals surface area (Å²) in [6, 6.07) is 7.18. The number of hydrogen-bond donors (Lipinski definition) is 1. The summed E-state index contributed by atoms with van der Waals surface area (Å²) >= 11 is 0. The summed E-state index contributed by atoms with van der Waals surface area (Å²) in [5.74, 6) is 0.972. The second-order valence-electron chi connectivity index (χ2n) is 6.00. The van der Waals surface area contributed by atoms with E-state index in [2.05, 4.69) is 24.0 Å². The molecule has 1 saturated carbocycles. The Labute approximate surface area is 110 Å². The number of hydrogen-bond acceptors (Lipinski definition) is 2. The predicted molar refractivity (Wildman–Crippen MR) is 76.4 cm³/mol. The van der Waals surface area contributed by atoms with Gasteiger partial charge >= 0.3 is 0 Å². The highest BCUT2D eigenvalue weighted by Crippen LogP contribution is 2.37. The van der Waals surface area contributed by atoms with E-state index in [4.69, 9.17) is 5.73 Å². The van der Waals surface area contributed by atoms with Crippen LogP contribution in [0.2, 0.25) is 0 Å². The smallest absolute Gasteiger partial charge is 0.0346 e. The monoisotopic (exact) mass is 244 g/mol. The molecule has 98 valence electrons. The standard InChI is InChI=1S/C16H24N2/c1-12-14(6-4-7-15(12)17)11-18-10-9-13-5-2-3-8-16(13)18/h4,6-7,13,16H,2-3,5,8-11,17H2,1H3. The van der Waals surface area contributed by atoms with Crippen molar-refractivity contribution >= 4 is 5.69 Å². The fourth-order valence-electron chi connectivity index (χ4n) is 3.79. The molecule has 2 N–H and O–H groups in total. The van der Waals surface area contributed by atoms with Gasteiger partial charge in [0.05, 0.1) is 0 Å². The lowest BCUT2D eigenvalue weighted by Gasteiger charge is -2.32. The van der Waals surface area contributed by atoms with Gasteiger partial charge in [0.15, 0.2) is 0 Å². The highest BCUT2D eigenvalue weighted by molar-refractivity contribution is 5.49. The van der Waals surface area contributed by atoms with Crippen molar-refractivity contribution in [1.82, 2.24) is 4.90 Å². The van der Waals surface area contributed by atoms with Crippen LogP contribution in [0.3, 0.4) is 0 Å². The minimum absolute atomic E-state index is 0.847. The number of nitrogens with two attached hydrogens (primary N) is 1. The molecule has 0 radical (unpaired) electrons. The maximum Gasteiger partial charge on any atom is 0.0346 e. The molecule has 2 aliphatic rings. The molecule has 2 unspecified atom stereocenters. The van der Waals surface area contributed by atoms with Crippen LogP contribution < -0.4 is 5.73 Å². The summed E-state index contributed by atoms with van der Waals surface area (Å²) in [5.41, 5.74) is 9.64. The first kappa shape index (κ1) is 12.0. The summed E-state index contributed by atoms with van der Waals surface area (Å²) in [6.45, 7) is 4.53. The zero-order chi connectivity index (χ0) is 12.5. The molecule has 0 amide bonds. The second kappa shape index (κ2) is 4.93. The predicted octanol–water partition coefficient (Wildman–Crippen LogP) is 3.34. The van der Waals surface area contributed by atoms with Gasteiger partial charge in [-0.2, -0.15) is 0 Å². The molecule has 1 aliphatic heterocycles. The van der Waals surface area contributed by atoms with Crippen LogP contribution in [0.15, 0.2) is 18.2 Å². The van der Waals surface area contributed by atoms with E-state index in [0.29, 0.717) is 0 Å². The van der Waals surface area contributed by atoms with Crippen LogP contribution in [-0.2, 0) is 6.54 Å². The van der Waals surface area contributed by atoms with Crippen LogP contribution >= 0.6 is 0 Å². The van der Waals surface area contributed by atoms with Crippen LogP contribution in [0, 0.1) is 12.8 Å². The van der Waals surface area contributed by atoms with Crippen molar-refractivity contribution in [2.45, 2.75) is 51.6 Å². The molecule has 2 atom stereocenters. The maximum atomic E-state index is 6.01. The molecule has 3 rings (SSSR count). The zero-order valence-electron chi connectivity index (χ0n) is 11.4. The van der Waals surface area contributed by atoms with Crippen molar-refractivity contribution in [2.75, 3.05) is 12.3 Å². The van der Waals surface area contributed by atoms with Crippen LogP contribution in [0.4, 0.5) is 5.69 Å². The van der Waals surface area contributed by atoms with Gasteiger partial charge in [0, 0.05) is 18.3 Å². The molecule has 1 heterocycles. The topological polar surface area (TPSA) is 29.3 Å². The number of rotatable bonds is 2. The molecule has 1 aliphatic carbocycles. The Hall–Kier alpha value is -1.02. The Bertz CT molecular complexity index is 427. The lowest BCUT2D eigenvalue weighted by Crippen LogP contribution is -2.34. The molecular weight excluding hydrogens is 220 g/mol. The number of benzene rings is 1. The summed E-state index contributed by atoms with van der Waals surface area (Å²) < 4.78 is 0. The van der Waals surface area contributed by atoms with Crippen molar-refractivity contribution in [3.05, 3.63) is 29.3 Å². The second-order valence-corrected chi connectivity index (χ2v) is 6.00. The third-order valence-corrected chi connectivity index (χ3v) is 4.99. The average molecular weight is 244 g/mol. The number of nitrogens with zero attached hydrogens (tertiary/aromatic N) is 1. The summed E-state index contributed by atoms with van der Waals surface area (Å²) in [4.78, 5) is 2.70. The zero-order valence-corrected chi connectivity index (χ0v) is 11.4. The van der Waals surface area contributed by atoms with Crippen LogP contribution in [0.1, 0.15) is 43.2 Å². The Balaban J connectivity index is 1.74. The number of fused-ring (bicyclic) bond motifs is 1. The Morgan fingerprint density at radius 2 is 2.06 bits per heavy atom. The van der Waals surface area contributed by atoms with Gasteiger partial charge in [-0.3, -0.25) is 4.90 Å². The van der Waals surface area contributed by atoms with Crippen molar-refractivity contribution in [1.29, 1.82) is 0 Å². The van der Waals surface area contributed by atoms with Gasteiger partial charge in [0.2, 0.25) is 0 Å². The number of likely N-dealkylation sites (tertiary alicyclic amines) is 1. The van der Waals surface area contributed by atoms with Crippen molar-refractivity contribution in [3.63, 3.8) is 0 Å². The van der Waals surface area contributed by atoms with Crippen LogP contribution in [0.5, 0.6) is 0 Å². The molecule has 1 aromatic rings. The van der Waals surface area contributed by atoms with Crippen molar-refractivity contribution < 1.29 is 0 Å². The highest BCUT2D eigenvalue weighted by atomic mass is 15.2. The van der Waals surface area contributed by atoms with Gasteiger partial charge in [-0.1, -0.05) is 25.0 Å². The lowest BCUT2D eigenvalue weighted by atomic mass is 9.85. The molecule has 1 aromatic carbocycles. The third kappa shape index (κ3) is 2.14. The minimum Gasteiger partial charge on any atom is -0.399 e. The third-order valence-electron chi connectivity index (χ3n) is 4.99. The fraction of sp³-hybridized carbons (Fsp3) is 0.625. The van der Waals surface area contributed by atoms with Gasteiger partial charge < -0.3 is 5.73 Å². The van der Waals surface area contributed by atoms with E-state index in [1.54, 1.807) is 0 Å². The van der Waals surface area contributed by atoms with E-state index in [0.717, 1.165) is 24.2 Å². The van der Waals surface area contributed by atoms with Crippen LogP contribution in [0.25, 0.3) is 0 Å². The number of anilines is 1. The first-order valence-corrected chi connectivity index (χ1v) is 7.33. The molecule has 18 heavy (non-hydrogen) atoms. The Morgan fingerprint density at radius 1 is 1.22 bits per heavy atom. The molecule has 0 spiro atoms. The van der Waals surface area contributed by atoms with Gasteiger partial charge in [0.25, 0.3) is 0 Å². The molecule has 0 aromatic heterocycles. The Kier molecular flexibility index (Phi) is 3.29. The van der Waals surface area contributed by atoms with E-state index in [1.807, 2.05) is 6.07 Å². The molecule has 2 fully saturated rings. The maximum absolute atomic E-state index is 6.01. The highest BCUT2D eigenvalue weighted by Gasteiger charge is 2.35. The van der Waals surface area contributed by atoms with Gasteiger partial charge in [-0.25, -0.2) is 0 Å². The van der Waals surface area contributed by atoms with E-state index >= 15 is 0 Å². The van der Waals surface area contributed by atoms with E-state index < -0.39 is 0 Å². The molecular formula is C16H24N2. The van der Waals surface area contributed by atoms with Crippen molar-refractivity contribution in [2.24, 2.45) is 5.92 Å². The van der Waals surface area contributed by atoms with E-state index in [9.17, 15) is 0 Å². The van der Waals surface area contributed by atoms with E-state index in [-0.39, 0.29) is 0 Å². The molecule has 0 bridgehead atoms. The SMILES string of the molecule is Cc1c(N)cccc1CN1CCC2CCCCC21. The van der Waals surface area contributed by atoms with Gasteiger partial charge in [-0.15, -0.1) is 0 Å². The number of nitrogen functional groups attached to an aromatic ring is 1. The largest absolute Gasteiger partial charge is 0.399 e. The first-order chi connectivity index (χ1) is 8.75. The minimum atomic E-state index is 0.847. The summed E-state index contributed by atoms with van der Waals surface area (Å²) in [7, 11) is 0. The van der Waals surface area contributed by atoms with Gasteiger partial charge in [-0.05, 0) is 55.8 Å². The summed E-state index contributed by atoms with van der Waals surface area (Å²) in [5, 5.41) is 0. The quantitative estimate of drug-likeness (QED) is 0.808. The normalized spacial score (nSPS) is 28.3. The first-order valence-electron chi connectivity index (χ1n) is 7.33. The summed E-state index contributed by atoms with van der Waals surface area (Å²) in [6.07, 6.45) is 7.15. The Morgan fingerprint density at radius 3 is 2.94 bits per heavy atom. The average Bonchev–Trinajstić information content (AvgIpc) is 2.79. The van der Waals surface area contributed by atoms with E-state index in [1.165, 1.54) is 49.8 Å². The molecule has 2 heteroatoms. The fourth-order valence-corrected chi connectivity index (χ4v) is 3.79. The van der Waals surface area contributed by atoms with Gasteiger partial charge in [0.1, 0.15) is 0 Å². The lowest BCUT2D eigenvalue weighted by molar-refractivity contribution is 0.175. The molecule has 2 nitrogen and oxygen atoms in total. The van der Waals surface area contributed by atoms with Crippen molar-refractivity contribution in [3.8, 4) is 0 Å². The molecule has 1 saturated heterocycles.